The molecule has 0 aliphatic carbocycles. The van der Waals surface area contributed by atoms with Crippen LogP contribution in [0.5, 0.6) is 0 Å². The highest BCUT2D eigenvalue weighted by Gasteiger charge is 2.27. The van der Waals surface area contributed by atoms with Gasteiger partial charge in [-0.05, 0) is 154 Å². The van der Waals surface area contributed by atoms with E-state index >= 15 is 0 Å². The molecule has 0 aliphatic heterocycles. The Morgan fingerprint density at radius 1 is 0.142 bits per heavy atom. The van der Waals surface area contributed by atoms with Crippen LogP contribution in [0.4, 0.5) is 0 Å². The van der Waals surface area contributed by atoms with Crippen molar-refractivity contribution in [3.63, 3.8) is 0 Å². The van der Waals surface area contributed by atoms with E-state index in [0.29, 0.717) is 0 Å². The minimum atomic E-state index is 1.01. The number of para-hydroxylation sites is 9. The van der Waals surface area contributed by atoms with Crippen molar-refractivity contribution in [1.82, 2.24) is 42.4 Å². The van der Waals surface area contributed by atoms with Gasteiger partial charge in [-0.25, -0.2) is 0 Å². The third-order valence-corrected chi connectivity index (χ3v) is 24.9. The number of fused-ring (bicyclic) bond motifs is 32. The predicted molar refractivity (Wildman–Crippen MR) is 504 cm³/mol. The van der Waals surface area contributed by atoms with Gasteiger partial charge in [-0.2, -0.15) is 0 Å². The first-order valence-electron chi connectivity index (χ1n) is 41.0. The van der Waals surface area contributed by atoms with E-state index in [1.54, 1.807) is 0 Å². The highest BCUT2D eigenvalue weighted by Crippen LogP contribution is 2.48. The van der Waals surface area contributed by atoms with Crippen molar-refractivity contribution >= 4 is 196 Å². The summed E-state index contributed by atoms with van der Waals surface area (Å²) in [5, 5.41) is 25.4. The molecule has 0 N–H and O–H groups in total. The first-order chi connectivity index (χ1) is 59.6. The van der Waals surface area contributed by atoms with Crippen LogP contribution in [0.2, 0.25) is 0 Å². The molecule has 27 rings (SSSR count). The van der Waals surface area contributed by atoms with Crippen LogP contribution in [-0.4, -0.2) is 42.4 Å². The van der Waals surface area contributed by atoms with Crippen molar-refractivity contribution in [2.24, 2.45) is 0 Å². The Kier molecular flexibility index (Phi) is 14.9. The van der Waals surface area contributed by atoms with Crippen molar-refractivity contribution in [3.8, 4) is 34.1 Å². The van der Waals surface area contributed by atoms with E-state index < -0.39 is 0 Å². The minimum absolute atomic E-state index is 1.01. The summed E-state index contributed by atoms with van der Waals surface area (Å²) in [7, 11) is 0. The van der Waals surface area contributed by atoms with Crippen molar-refractivity contribution in [2.75, 3.05) is 0 Å². The highest BCUT2D eigenvalue weighted by atomic mass is 15.0. The van der Waals surface area contributed by atoms with E-state index in [0.717, 1.165) is 83.4 Å². The molecule has 9 aromatic heterocycles. The smallest absolute Gasteiger partial charge is 0.0970 e. The van der Waals surface area contributed by atoms with Crippen LogP contribution in [0.25, 0.3) is 230 Å². The van der Waals surface area contributed by atoms with Crippen LogP contribution in [0.15, 0.2) is 419 Å². The largest absolute Gasteiger partial charge is 0.309 e. The Morgan fingerprint density at radius 3 is 0.858 bits per heavy atom. The van der Waals surface area contributed by atoms with Gasteiger partial charge in [0.1, 0.15) is 0 Å². The number of nitrogens with zero attached hydrogens (tertiary/aromatic N) is 9. The third kappa shape index (κ3) is 9.98. The van der Waals surface area contributed by atoms with Crippen LogP contribution in [0.3, 0.4) is 0 Å². The molecule has 0 atom stereocenters. The van der Waals surface area contributed by atoms with Crippen molar-refractivity contribution in [3.05, 3.63) is 419 Å². The average molecular weight is 1530 g/mol. The lowest BCUT2D eigenvalue weighted by Crippen LogP contribution is -1.97. The summed E-state index contributed by atoms with van der Waals surface area (Å²) in [6.45, 7) is 0. The van der Waals surface area contributed by atoms with Crippen LogP contribution >= 0.6 is 0 Å². The maximum absolute atomic E-state index is 5.22. The van der Waals surface area contributed by atoms with Crippen LogP contribution in [-0.2, 0) is 0 Å². The molecule has 0 amide bonds. The number of hydrogen-bond donors (Lipinski definition) is 0. The summed E-state index contributed by atoms with van der Waals surface area (Å²) >= 11 is 0. The molecule has 9 heterocycles. The lowest BCUT2D eigenvalue weighted by Gasteiger charge is -2.12. The summed E-state index contributed by atoms with van der Waals surface area (Å²) in [6, 6.07) is 143. The quantitative estimate of drug-likeness (QED) is 0.167. The van der Waals surface area contributed by atoms with Gasteiger partial charge in [-0.1, -0.05) is 273 Å². The molecule has 0 spiro atoms. The molecule has 0 unspecified atom stereocenters. The second-order valence-electron chi connectivity index (χ2n) is 31.3. The standard InChI is InChI=1S/3C37H23N3/c1-3-13-26(14-4-1)39-33-18-10-9-17-28(33)32-23-38-35-30(36(32)39)20-19-29-31-21-24-11-7-8-12-25(24)22-34(31)40(37(29)35)27-15-5-2-6-16-27;1-3-12-25(13-4-1)39-32-18-10-9-17-28(32)31-23-38-35-30(36(31)39)21-20-29-34-27-16-8-7-11-24(27)19-22-33(34)40(37(29)35)26-14-5-2-6-15-26;1-3-12-25(13-4-1)39-33-18-10-9-17-28(33)32-23-38-34-31(36(32)39)22-21-30-29-20-19-24-11-7-8-16-27(24)35(29)40(37(30)34)26-14-5-2-6-15-26/h3*1-23H. The Labute approximate surface area is 686 Å². The SMILES string of the molecule is c1ccc(-n2c3ccccc3c3cnc4c(ccc5c6c7ccccc7ccc6n(-c6ccccc6)c54)c32)cc1.c1ccc(-n2c3ccccc3c3cnc4c(ccc5c6cc7ccccc7cc6n(-c6ccccc6)c54)c32)cc1.c1ccc(-n2c3ccccc3c3cnc4c(ccc5c6ccc7ccccc7c6n(-c6ccccc6)c54)c32)cc1. The second-order valence-corrected chi connectivity index (χ2v) is 31.3. The van der Waals surface area contributed by atoms with Crippen LogP contribution < -0.4 is 0 Å². The number of aromatic nitrogens is 9. The molecule has 9 heteroatoms. The number of benzene rings is 18. The fourth-order valence-electron chi connectivity index (χ4n) is 19.9. The molecule has 120 heavy (non-hydrogen) atoms. The Morgan fingerprint density at radius 2 is 0.417 bits per heavy atom. The summed E-state index contributed by atoms with van der Waals surface area (Å²) in [4.78, 5) is 15.7. The zero-order valence-corrected chi connectivity index (χ0v) is 64.9. The van der Waals surface area contributed by atoms with Crippen LogP contribution in [0.1, 0.15) is 0 Å². The third-order valence-electron chi connectivity index (χ3n) is 24.9. The number of hydrogen-bond acceptors (Lipinski definition) is 3. The van der Waals surface area contributed by atoms with Gasteiger partial charge in [0.15, 0.2) is 0 Å². The zero-order chi connectivity index (χ0) is 78.6. The number of pyridine rings is 3. The van der Waals surface area contributed by atoms with E-state index in [-0.39, 0.29) is 0 Å². The van der Waals surface area contributed by atoms with Crippen LogP contribution in [0, 0.1) is 0 Å². The van der Waals surface area contributed by atoms with E-state index in [9.17, 15) is 0 Å². The van der Waals surface area contributed by atoms with E-state index in [1.807, 2.05) is 0 Å². The molecular weight excluding hydrogens is 1460 g/mol. The predicted octanol–water partition coefficient (Wildman–Crippen LogP) is 28.7. The van der Waals surface area contributed by atoms with Gasteiger partial charge in [-0.3, -0.25) is 15.0 Å². The molecule has 18 aromatic carbocycles. The van der Waals surface area contributed by atoms with E-state index in [4.69, 9.17) is 15.0 Å². The Bertz CT molecular complexity index is 8660. The van der Waals surface area contributed by atoms with E-state index in [2.05, 4.69) is 446 Å². The summed E-state index contributed by atoms with van der Waals surface area (Å²) in [6.07, 6.45) is 6.22. The van der Waals surface area contributed by atoms with Gasteiger partial charge in [-0.15, -0.1) is 0 Å². The Hall–Kier alpha value is -16.2. The van der Waals surface area contributed by atoms with Gasteiger partial charge in [0.2, 0.25) is 0 Å². The van der Waals surface area contributed by atoms with Gasteiger partial charge in [0.25, 0.3) is 0 Å². The molecule has 9 nitrogen and oxygen atoms in total. The maximum atomic E-state index is 5.22. The monoisotopic (exact) mass is 1530 g/mol. The van der Waals surface area contributed by atoms with Gasteiger partial charge in [0, 0.05) is 139 Å². The number of rotatable bonds is 6. The molecule has 0 radical (unpaired) electrons. The molecule has 558 valence electrons. The van der Waals surface area contributed by atoms with Crippen molar-refractivity contribution in [1.29, 1.82) is 0 Å². The fourth-order valence-corrected chi connectivity index (χ4v) is 19.9. The molecule has 0 fully saturated rings. The molecule has 27 aromatic rings. The summed E-state index contributed by atoms with van der Waals surface area (Å²) < 4.78 is 14.4. The second kappa shape index (κ2) is 26.7. The lowest BCUT2D eigenvalue weighted by atomic mass is 10.0. The molecule has 0 bridgehead atoms. The zero-order valence-electron chi connectivity index (χ0n) is 64.9. The normalized spacial score (nSPS) is 12.0. The molecule has 0 aliphatic rings. The topological polar surface area (TPSA) is 68.2 Å². The Balaban J connectivity index is 0.0000000997. The van der Waals surface area contributed by atoms with Gasteiger partial charge < -0.3 is 27.4 Å². The first kappa shape index (κ1) is 67.1. The fraction of sp³-hybridized carbons (Fsp3) is 0. The summed E-state index contributed by atoms with van der Waals surface area (Å²) in [5.41, 5.74) is 24.0. The molecule has 0 saturated heterocycles. The summed E-state index contributed by atoms with van der Waals surface area (Å²) in [5.74, 6) is 0. The van der Waals surface area contributed by atoms with Gasteiger partial charge in [0.05, 0.1) is 82.8 Å². The van der Waals surface area contributed by atoms with E-state index in [1.165, 1.54) is 147 Å². The van der Waals surface area contributed by atoms with Crippen molar-refractivity contribution < 1.29 is 0 Å². The van der Waals surface area contributed by atoms with Crippen molar-refractivity contribution in [2.45, 2.75) is 0 Å². The highest BCUT2D eigenvalue weighted by molar-refractivity contribution is 6.31. The maximum Gasteiger partial charge on any atom is 0.0970 e. The minimum Gasteiger partial charge on any atom is -0.309 e. The molecule has 0 saturated carbocycles. The van der Waals surface area contributed by atoms with Gasteiger partial charge >= 0.3 is 0 Å². The lowest BCUT2D eigenvalue weighted by molar-refractivity contribution is 1.18. The first-order valence-corrected chi connectivity index (χ1v) is 41.0. The molecular formula is C111H69N9. The average Bonchev–Trinajstić information content (AvgIpc) is 1.55.